The minimum absolute atomic E-state index is 0.0916. The van der Waals surface area contributed by atoms with Crippen LogP contribution in [0.2, 0.25) is 0 Å². The Kier molecular flexibility index (Phi) is 4.11. The number of rotatable bonds is 1. The van der Waals surface area contributed by atoms with E-state index >= 15 is 0 Å². The number of likely N-dealkylation sites (tertiary alicyclic amines) is 1. The summed E-state index contributed by atoms with van der Waals surface area (Å²) in [6, 6.07) is 0.0916. The number of hydrogen-bond donors (Lipinski definition) is 1. The summed E-state index contributed by atoms with van der Waals surface area (Å²) in [7, 11) is 0. The molecule has 4 unspecified atom stereocenters. The summed E-state index contributed by atoms with van der Waals surface area (Å²) in [5, 5.41) is 3.45. The number of carbonyl (C=O) groups is 1. The van der Waals surface area contributed by atoms with E-state index in [0.29, 0.717) is 11.8 Å². The smallest absolute Gasteiger partial charge is 0.239 e. The van der Waals surface area contributed by atoms with E-state index in [1.807, 2.05) is 0 Å². The van der Waals surface area contributed by atoms with Crippen molar-refractivity contribution in [1.82, 2.24) is 10.2 Å². The predicted octanol–water partition coefficient (Wildman–Crippen LogP) is 2.41. The topological polar surface area (TPSA) is 32.3 Å². The molecule has 1 amide bonds. The Hall–Kier alpha value is -0.570. The quantitative estimate of drug-likeness (QED) is 0.789. The summed E-state index contributed by atoms with van der Waals surface area (Å²) in [4.78, 5) is 14.9. The highest BCUT2D eigenvalue weighted by Gasteiger charge is 2.37. The lowest BCUT2D eigenvalue weighted by Crippen LogP contribution is -2.55. The third-order valence-electron chi connectivity index (χ3n) is 5.64. The third kappa shape index (κ3) is 2.81. The largest absolute Gasteiger partial charge is 0.341 e. The summed E-state index contributed by atoms with van der Waals surface area (Å²) in [5.41, 5.74) is 0. The molecule has 4 atom stereocenters. The molecule has 0 aromatic carbocycles. The molecule has 1 N–H and O–H groups in total. The highest BCUT2D eigenvalue weighted by atomic mass is 16.2. The SMILES string of the molecule is CC1CCCNC1C(=O)N1CCC2CCCCC2C1. The van der Waals surface area contributed by atoms with Gasteiger partial charge in [-0.2, -0.15) is 0 Å². The van der Waals surface area contributed by atoms with Crippen molar-refractivity contribution in [1.29, 1.82) is 0 Å². The third-order valence-corrected chi connectivity index (χ3v) is 5.64. The number of nitrogens with zero attached hydrogens (tertiary/aromatic N) is 1. The summed E-state index contributed by atoms with van der Waals surface area (Å²) < 4.78 is 0. The van der Waals surface area contributed by atoms with Crippen LogP contribution < -0.4 is 5.32 Å². The van der Waals surface area contributed by atoms with Crippen LogP contribution in [0.25, 0.3) is 0 Å². The highest BCUT2D eigenvalue weighted by Crippen LogP contribution is 2.36. The Bertz CT molecular complexity index is 331. The first-order valence-electron chi connectivity index (χ1n) is 8.28. The Balaban J connectivity index is 1.60. The average molecular weight is 264 g/mol. The van der Waals surface area contributed by atoms with Crippen LogP contribution in [0.1, 0.15) is 51.9 Å². The van der Waals surface area contributed by atoms with E-state index in [2.05, 4.69) is 17.1 Å². The van der Waals surface area contributed by atoms with Gasteiger partial charge in [0.05, 0.1) is 6.04 Å². The average Bonchev–Trinajstić information content (AvgIpc) is 2.46. The normalized spacial score (nSPS) is 39.7. The molecular formula is C16H28N2O. The predicted molar refractivity (Wildman–Crippen MR) is 76.8 cm³/mol. The standard InChI is InChI=1S/C16H28N2O/c1-12-5-4-9-17-15(12)16(19)18-10-8-13-6-2-3-7-14(13)11-18/h12-15,17H,2-11H2,1H3. The molecule has 3 nitrogen and oxygen atoms in total. The van der Waals surface area contributed by atoms with E-state index in [-0.39, 0.29) is 6.04 Å². The summed E-state index contributed by atoms with van der Waals surface area (Å²) in [6.45, 7) is 5.28. The molecule has 2 saturated heterocycles. The van der Waals surface area contributed by atoms with Gasteiger partial charge in [-0.1, -0.05) is 26.2 Å². The van der Waals surface area contributed by atoms with Gasteiger partial charge in [0.2, 0.25) is 5.91 Å². The zero-order chi connectivity index (χ0) is 13.2. The molecule has 19 heavy (non-hydrogen) atoms. The van der Waals surface area contributed by atoms with E-state index in [1.165, 1.54) is 44.9 Å². The van der Waals surface area contributed by atoms with Crippen molar-refractivity contribution in [3.05, 3.63) is 0 Å². The van der Waals surface area contributed by atoms with Crippen molar-refractivity contribution in [3.8, 4) is 0 Å². The maximum atomic E-state index is 12.7. The number of carbonyl (C=O) groups excluding carboxylic acids is 1. The van der Waals surface area contributed by atoms with Crippen molar-refractivity contribution in [2.24, 2.45) is 17.8 Å². The Morgan fingerprint density at radius 2 is 1.84 bits per heavy atom. The molecule has 0 spiro atoms. The van der Waals surface area contributed by atoms with Gasteiger partial charge in [-0.3, -0.25) is 4.79 Å². The molecule has 108 valence electrons. The second-order valence-electron chi connectivity index (χ2n) is 6.93. The zero-order valence-electron chi connectivity index (χ0n) is 12.2. The van der Waals surface area contributed by atoms with E-state index in [9.17, 15) is 4.79 Å². The number of hydrogen-bond acceptors (Lipinski definition) is 2. The molecule has 2 aliphatic heterocycles. The molecule has 0 bridgehead atoms. The molecule has 0 aromatic heterocycles. The number of nitrogens with one attached hydrogen (secondary N) is 1. The Labute approximate surface area is 117 Å². The minimum atomic E-state index is 0.0916. The van der Waals surface area contributed by atoms with E-state index in [1.54, 1.807) is 0 Å². The van der Waals surface area contributed by atoms with Crippen molar-refractivity contribution in [2.45, 2.75) is 57.9 Å². The first-order chi connectivity index (χ1) is 9.25. The second kappa shape index (κ2) is 5.82. The maximum Gasteiger partial charge on any atom is 0.239 e. The van der Waals surface area contributed by atoms with Crippen LogP contribution in [0, 0.1) is 17.8 Å². The molecule has 3 heteroatoms. The van der Waals surface area contributed by atoms with Crippen LogP contribution in [-0.4, -0.2) is 36.5 Å². The Morgan fingerprint density at radius 3 is 2.63 bits per heavy atom. The highest BCUT2D eigenvalue weighted by molar-refractivity contribution is 5.82. The van der Waals surface area contributed by atoms with Gasteiger partial charge in [0, 0.05) is 13.1 Å². The van der Waals surface area contributed by atoms with Gasteiger partial charge in [0.1, 0.15) is 0 Å². The molecule has 2 heterocycles. The lowest BCUT2D eigenvalue weighted by molar-refractivity contribution is -0.138. The van der Waals surface area contributed by atoms with E-state index in [4.69, 9.17) is 0 Å². The van der Waals surface area contributed by atoms with Crippen LogP contribution in [0.5, 0.6) is 0 Å². The molecule has 3 rings (SSSR count). The van der Waals surface area contributed by atoms with Gasteiger partial charge < -0.3 is 10.2 Å². The minimum Gasteiger partial charge on any atom is -0.341 e. The fourth-order valence-electron chi connectivity index (χ4n) is 4.38. The first kappa shape index (κ1) is 13.4. The monoisotopic (exact) mass is 264 g/mol. The van der Waals surface area contributed by atoms with Gasteiger partial charge >= 0.3 is 0 Å². The molecule has 3 aliphatic rings. The molecule has 1 saturated carbocycles. The number of piperidine rings is 2. The van der Waals surface area contributed by atoms with Gasteiger partial charge in [-0.05, 0) is 50.0 Å². The fraction of sp³-hybridized carbons (Fsp3) is 0.938. The van der Waals surface area contributed by atoms with Crippen molar-refractivity contribution in [3.63, 3.8) is 0 Å². The van der Waals surface area contributed by atoms with Crippen molar-refractivity contribution >= 4 is 5.91 Å². The van der Waals surface area contributed by atoms with Crippen LogP contribution in [0.4, 0.5) is 0 Å². The number of fused-ring (bicyclic) bond motifs is 1. The van der Waals surface area contributed by atoms with Gasteiger partial charge in [0.15, 0.2) is 0 Å². The van der Waals surface area contributed by atoms with Gasteiger partial charge in [0.25, 0.3) is 0 Å². The summed E-state index contributed by atoms with van der Waals surface area (Å²) in [6.07, 6.45) is 9.21. The lowest BCUT2D eigenvalue weighted by Gasteiger charge is -2.43. The molecule has 0 radical (unpaired) electrons. The zero-order valence-corrected chi connectivity index (χ0v) is 12.2. The van der Waals surface area contributed by atoms with E-state index < -0.39 is 0 Å². The fourth-order valence-corrected chi connectivity index (χ4v) is 4.38. The van der Waals surface area contributed by atoms with Crippen LogP contribution >= 0.6 is 0 Å². The van der Waals surface area contributed by atoms with Crippen molar-refractivity contribution in [2.75, 3.05) is 19.6 Å². The summed E-state index contributed by atoms with van der Waals surface area (Å²) in [5.74, 6) is 2.60. The lowest BCUT2D eigenvalue weighted by atomic mass is 9.75. The molecular weight excluding hydrogens is 236 g/mol. The molecule has 0 aromatic rings. The van der Waals surface area contributed by atoms with Gasteiger partial charge in [-0.15, -0.1) is 0 Å². The van der Waals surface area contributed by atoms with E-state index in [0.717, 1.165) is 31.5 Å². The molecule has 3 fully saturated rings. The first-order valence-corrected chi connectivity index (χ1v) is 8.28. The maximum absolute atomic E-state index is 12.7. The Morgan fingerprint density at radius 1 is 1.05 bits per heavy atom. The number of amides is 1. The van der Waals surface area contributed by atoms with Crippen molar-refractivity contribution < 1.29 is 4.79 Å². The van der Waals surface area contributed by atoms with Crippen LogP contribution in [0.15, 0.2) is 0 Å². The van der Waals surface area contributed by atoms with Crippen LogP contribution in [0.3, 0.4) is 0 Å². The molecule has 1 aliphatic carbocycles. The van der Waals surface area contributed by atoms with Crippen LogP contribution in [-0.2, 0) is 4.79 Å². The summed E-state index contributed by atoms with van der Waals surface area (Å²) >= 11 is 0. The van der Waals surface area contributed by atoms with Gasteiger partial charge in [-0.25, -0.2) is 0 Å². The second-order valence-corrected chi connectivity index (χ2v) is 6.93.